The second-order valence-corrected chi connectivity index (χ2v) is 7.65. The minimum absolute atomic E-state index is 0.0907. The first kappa shape index (κ1) is 20.2. The fourth-order valence-corrected chi connectivity index (χ4v) is 1.66. The predicted octanol–water partition coefficient (Wildman–Crippen LogP) is 4.69. The fraction of sp³-hybridized carbons (Fsp3) is 0.556. The molecule has 1 N–H and O–H groups in total. The Balaban J connectivity index is 0.000000243. The van der Waals surface area contributed by atoms with Crippen LogP contribution in [0.25, 0.3) is 0 Å². The molecule has 1 heterocycles. The topological polar surface area (TPSA) is 50.8 Å². The lowest BCUT2D eigenvalue weighted by Crippen LogP contribution is -2.19. The van der Waals surface area contributed by atoms with Crippen molar-refractivity contribution >= 4 is 0 Å². The summed E-state index contributed by atoms with van der Waals surface area (Å²) in [4.78, 5) is 3.93. The molecule has 0 spiro atoms. The zero-order chi connectivity index (χ0) is 18.5. The summed E-state index contributed by atoms with van der Waals surface area (Å²) in [6.07, 6.45) is 1.47. The number of hydrogen-bond acceptors (Lipinski definition) is 3. The van der Waals surface area contributed by atoms with Gasteiger partial charge in [0.2, 0.25) is 0 Å². The van der Waals surface area contributed by atoms with Crippen molar-refractivity contribution < 1.29 is 13.5 Å². The molecule has 6 heteroatoms. The quantitative estimate of drug-likeness (QED) is 0.863. The fourth-order valence-electron chi connectivity index (χ4n) is 1.66. The third kappa shape index (κ3) is 6.74. The van der Waals surface area contributed by atoms with E-state index >= 15 is 0 Å². The predicted molar refractivity (Wildman–Crippen MR) is 90.7 cm³/mol. The van der Waals surface area contributed by atoms with Crippen molar-refractivity contribution in [2.45, 2.75) is 66.1 Å². The van der Waals surface area contributed by atoms with E-state index in [0.29, 0.717) is 12.2 Å². The number of aromatic nitrogens is 3. The van der Waals surface area contributed by atoms with Crippen molar-refractivity contribution in [1.29, 1.82) is 0 Å². The van der Waals surface area contributed by atoms with E-state index in [0.717, 1.165) is 5.82 Å². The monoisotopic (exact) mass is 339 g/mol. The molecule has 0 bridgehead atoms. The standard InChI is InChI=1S/C11H14F2.C7H13N3O/c1-7-9(12)5-8(6-10(7)13)11(2,3)4;1-7(2,3)11-4-6-8-5-9-10-6/h5-6H,1-4H3;5H,4H2,1-3H3,(H,8,9,10). The first-order valence-electron chi connectivity index (χ1n) is 7.84. The summed E-state index contributed by atoms with van der Waals surface area (Å²) in [5, 5.41) is 6.43. The van der Waals surface area contributed by atoms with Gasteiger partial charge in [-0.3, -0.25) is 5.10 Å². The van der Waals surface area contributed by atoms with E-state index < -0.39 is 11.6 Å². The van der Waals surface area contributed by atoms with Crippen molar-refractivity contribution in [1.82, 2.24) is 15.2 Å². The Morgan fingerprint density at radius 2 is 1.58 bits per heavy atom. The Hall–Kier alpha value is -1.82. The maximum Gasteiger partial charge on any atom is 0.150 e. The van der Waals surface area contributed by atoms with Crippen LogP contribution in [0.3, 0.4) is 0 Å². The zero-order valence-electron chi connectivity index (χ0n) is 15.5. The van der Waals surface area contributed by atoms with Crippen LogP contribution in [0, 0.1) is 18.6 Å². The van der Waals surface area contributed by atoms with Crippen LogP contribution in [0.1, 0.15) is 58.5 Å². The first-order valence-corrected chi connectivity index (χ1v) is 7.84. The van der Waals surface area contributed by atoms with E-state index in [1.54, 1.807) is 0 Å². The van der Waals surface area contributed by atoms with Crippen LogP contribution < -0.4 is 0 Å². The van der Waals surface area contributed by atoms with Crippen molar-refractivity contribution in [2.75, 3.05) is 0 Å². The molecule has 1 aromatic carbocycles. The number of rotatable bonds is 2. The molecule has 134 valence electrons. The van der Waals surface area contributed by atoms with E-state index in [4.69, 9.17) is 4.74 Å². The highest BCUT2D eigenvalue weighted by Crippen LogP contribution is 2.25. The molecular formula is C18H27F2N3O. The molecule has 0 saturated carbocycles. The molecule has 0 radical (unpaired) electrons. The molecule has 0 aliphatic rings. The lowest BCUT2D eigenvalue weighted by molar-refractivity contribution is -0.0180. The number of benzene rings is 1. The Bertz CT molecular complexity index is 618. The largest absolute Gasteiger partial charge is 0.368 e. The molecule has 0 aliphatic heterocycles. The highest BCUT2D eigenvalue weighted by atomic mass is 19.1. The molecule has 2 aromatic rings. The Morgan fingerprint density at radius 1 is 1.04 bits per heavy atom. The van der Waals surface area contributed by atoms with Gasteiger partial charge in [-0.2, -0.15) is 5.10 Å². The summed E-state index contributed by atoms with van der Waals surface area (Å²) in [6.45, 7) is 13.7. The summed E-state index contributed by atoms with van der Waals surface area (Å²) < 4.78 is 31.7. The summed E-state index contributed by atoms with van der Waals surface area (Å²) in [5.74, 6) is -0.172. The average Bonchev–Trinajstić information content (AvgIpc) is 2.94. The van der Waals surface area contributed by atoms with Crippen LogP contribution in [0.5, 0.6) is 0 Å². The second-order valence-electron chi connectivity index (χ2n) is 7.65. The highest BCUT2D eigenvalue weighted by molar-refractivity contribution is 5.29. The van der Waals surface area contributed by atoms with Gasteiger partial charge in [0, 0.05) is 5.56 Å². The summed E-state index contributed by atoms with van der Waals surface area (Å²) in [5.41, 5.74) is 0.448. The van der Waals surface area contributed by atoms with E-state index in [1.165, 1.54) is 25.4 Å². The van der Waals surface area contributed by atoms with Gasteiger partial charge >= 0.3 is 0 Å². The number of H-pyrrole nitrogens is 1. The van der Waals surface area contributed by atoms with E-state index in [-0.39, 0.29) is 16.6 Å². The molecule has 0 saturated heterocycles. The van der Waals surface area contributed by atoms with Gasteiger partial charge in [-0.15, -0.1) is 0 Å². The molecule has 0 amide bonds. The second kappa shape index (κ2) is 7.83. The Morgan fingerprint density at radius 3 is 1.96 bits per heavy atom. The van der Waals surface area contributed by atoms with Crippen molar-refractivity contribution in [2.24, 2.45) is 0 Å². The van der Waals surface area contributed by atoms with Crippen LogP contribution in [-0.2, 0) is 16.8 Å². The molecule has 0 atom stereocenters. The Kier molecular flexibility index (Phi) is 6.60. The van der Waals surface area contributed by atoms with Gasteiger partial charge in [-0.25, -0.2) is 13.8 Å². The highest BCUT2D eigenvalue weighted by Gasteiger charge is 2.17. The molecule has 4 nitrogen and oxygen atoms in total. The van der Waals surface area contributed by atoms with Gasteiger partial charge in [-0.05, 0) is 50.8 Å². The lowest BCUT2D eigenvalue weighted by Gasteiger charge is -2.19. The zero-order valence-corrected chi connectivity index (χ0v) is 15.5. The van der Waals surface area contributed by atoms with Crippen LogP contribution in [0.4, 0.5) is 8.78 Å². The third-order valence-electron chi connectivity index (χ3n) is 3.25. The summed E-state index contributed by atoms with van der Waals surface area (Å²) in [7, 11) is 0. The van der Waals surface area contributed by atoms with Gasteiger partial charge in [0.1, 0.15) is 30.4 Å². The van der Waals surface area contributed by atoms with Crippen LogP contribution in [0.15, 0.2) is 18.5 Å². The van der Waals surface area contributed by atoms with Crippen LogP contribution >= 0.6 is 0 Å². The minimum Gasteiger partial charge on any atom is -0.368 e. The van der Waals surface area contributed by atoms with E-state index in [1.807, 2.05) is 41.5 Å². The van der Waals surface area contributed by atoms with Gasteiger partial charge in [-0.1, -0.05) is 20.8 Å². The summed E-state index contributed by atoms with van der Waals surface area (Å²) in [6, 6.07) is 2.80. The Labute approximate surface area is 142 Å². The number of ether oxygens (including phenoxy) is 1. The SMILES string of the molecule is CC(C)(C)OCc1ncn[nH]1.Cc1c(F)cc(C(C)(C)C)cc1F. The van der Waals surface area contributed by atoms with Gasteiger partial charge in [0.25, 0.3) is 0 Å². The van der Waals surface area contributed by atoms with E-state index in [9.17, 15) is 8.78 Å². The van der Waals surface area contributed by atoms with Gasteiger partial charge in [0.05, 0.1) is 5.60 Å². The maximum absolute atomic E-state index is 13.1. The molecule has 0 aliphatic carbocycles. The first-order chi connectivity index (χ1) is 10.9. The van der Waals surface area contributed by atoms with Gasteiger partial charge in [0.15, 0.2) is 0 Å². The number of nitrogens with zero attached hydrogens (tertiary/aromatic N) is 2. The van der Waals surface area contributed by atoms with E-state index in [2.05, 4.69) is 15.2 Å². The minimum atomic E-state index is -0.468. The maximum atomic E-state index is 13.1. The van der Waals surface area contributed by atoms with Crippen molar-refractivity contribution in [3.05, 3.63) is 47.0 Å². The van der Waals surface area contributed by atoms with Gasteiger partial charge < -0.3 is 4.74 Å². The molecule has 0 unspecified atom stereocenters. The smallest absolute Gasteiger partial charge is 0.150 e. The van der Waals surface area contributed by atoms with Crippen LogP contribution in [0.2, 0.25) is 0 Å². The van der Waals surface area contributed by atoms with Crippen molar-refractivity contribution in [3.8, 4) is 0 Å². The summed E-state index contributed by atoms with van der Waals surface area (Å²) >= 11 is 0. The number of aromatic amines is 1. The number of halogens is 2. The number of hydrogen-bond donors (Lipinski definition) is 1. The molecule has 1 aromatic heterocycles. The molecule has 0 fully saturated rings. The average molecular weight is 339 g/mol. The third-order valence-corrected chi connectivity index (χ3v) is 3.25. The number of nitrogens with one attached hydrogen (secondary N) is 1. The van der Waals surface area contributed by atoms with Crippen molar-refractivity contribution in [3.63, 3.8) is 0 Å². The molecule has 24 heavy (non-hydrogen) atoms. The molecule has 2 rings (SSSR count). The normalized spacial score (nSPS) is 11.9. The molecular weight excluding hydrogens is 312 g/mol. The lowest BCUT2D eigenvalue weighted by atomic mass is 9.86. The van der Waals surface area contributed by atoms with Crippen LogP contribution in [-0.4, -0.2) is 20.8 Å².